The second-order valence-electron chi connectivity index (χ2n) is 6.57. The van der Waals surface area contributed by atoms with Gasteiger partial charge in [0.05, 0.1) is 12.7 Å². The van der Waals surface area contributed by atoms with Crippen LogP contribution >= 0.6 is 0 Å². The molecular weight excluding hydrogens is 246 g/mol. The van der Waals surface area contributed by atoms with Crippen LogP contribution in [0.4, 0.5) is 0 Å². The lowest BCUT2D eigenvalue weighted by Crippen LogP contribution is -2.72. The minimum absolute atomic E-state index is 0.0220. The number of hydrogen-bond donors (Lipinski definition) is 1. The molecule has 1 unspecified atom stereocenters. The van der Waals surface area contributed by atoms with Gasteiger partial charge in [-0.2, -0.15) is 0 Å². The van der Waals surface area contributed by atoms with E-state index in [0.717, 1.165) is 25.7 Å². The van der Waals surface area contributed by atoms with E-state index in [-0.39, 0.29) is 23.5 Å². The Morgan fingerprint density at radius 1 is 1.42 bits per heavy atom. The van der Waals surface area contributed by atoms with Crippen molar-refractivity contribution >= 4 is 12.3 Å². The normalized spacial score (nSPS) is 33.4. The number of hydrogen-bond acceptors (Lipinski definition) is 5. The average molecular weight is 269 g/mol. The summed E-state index contributed by atoms with van der Waals surface area (Å²) in [7, 11) is 0. The summed E-state index contributed by atoms with van der Waals surface area (Å²) in [6, 6.07) is -0.197. The van der Waals surface area contributed by atoms with Crippen molar-refractivity contribution in [1.29, 1.82) is 0 Å². The highest BCUT2D eigenvalue weighted by Gasteiger charge is 2.59. The molecule has 1 saturated heterocycles. The minimum Gasteiger partial charge on any atom is -0.459 e. The van der Waals surface area contributed by atoms with E-state index in [4.69, 9.17) is 9.47 Å². The highest BCUT2D eigenvalue weighted by molar-refractivity contribution is 5.79. The predicted octanol–water partition coefficient (Wildman–Crippen LogP) is 1.05. The van der Waals surface area contributed by atoms with Crippen LogP contribution in [0.25, 0.3) is 0 Å². The van der Waals surface area contributed by atoms with Crippen LogP contribution in [0.5, 0.6) is 0 Å². The van der Waals surface area contributed by atoms with Crippen LogP contribution in [0, 0.1) is 5.41 Å². The molecular formula is C14H23NO4. The maximum Gasteiger partial charge on any atom is 0.324 e. The van der Waals surface area contributed by atoms with Crippen molar-refractivity contribution in [2.75, 3.05) is 13.2 Å². The average Bonchev–Trinajstić information content (AvgIpc) is 2.16. The van der Waals surface area contributed by atoms with Crippen molar-refractivity contribution in [3.63, 3.8) is 0 Å². The molecule has 1 atom stereocenters. The Morgan fingerprint density at radius 2 is 2.11 bits per heavy atom. The molecule has 1 N–H and O–H groups in total. The molecule has 2 aliphatic rings. The molecule has 0 aromatic heterocycles. The monoisotopic (exact) mass is 269 g/mol. The van der Waals surface area contributed by atoms with E-state index >= 15 is 0 Å². The SMILES string of the molecule is CC(C)(C)OC(=O)C1NCC12CC(OCCC=O)C2. The van der Waals surface area contributed by atoms with Crippen LogP contribution in [-0.4, -0.2) is 43.2 Å². The third kappa shape index (κ3) is 3.15. The van der Waals surface area contributed by atoms with Gasteiger partial charge in [-0.3, -0.25) is 4.79 Å². The number of esters is 1. The van der Waals surface area contributed by atoms with Crippen molar-refractivity contribution in [2.24, 2.45) is 5.41 Å². The summed E-state index contributed by atoms with van der Waals surface area (Å²) in [5.41, 5.74) is -0.423. The van der Waals surface area contributed by atoms with Gasteiger partial charge >= 0.3 is 5.97 Å². The third-order valence-corrected chi connectivity index (χ3v) is 3.77. The second-order valence-corrected chi connectivity index (χ2v) is 6.57. The summed E-state index contributed by atoms with van der Waals surface area (Å²) in [4.78, 5) is 22.3. The minimum atomic E-state index is -0.445. The highest BCUT2D eigenvalue weighted by Crippen LogP contribution is 2.50. The zero-order chi connectivity index (χ0) is 14.1. The molecule has 1 aliphatic heterocycles. The van der Waals surface area contributed by atoms with Gasteiger partial charge in [-0.15, -0.1) is 0 Å². The van der Waals surface area contributed by atoms with Crippen LogP contribution in [0.15, 0.2) is 0 Å². The molecule has 19 heavy (non-hydrogen) atoms. The van der Waals surface area contributed by atoms with E-state index in [1.807, 2.05) is 20.8 Å². The van der Waals surface area contributed by atoms with E-state index in [1.165, 1.54) is 0 Å². The molecule has 2 fully saturated rings. The molecule has 0 bridgehead atoms. The van der Waals surface area contributed by atoms with Gasteiger partial charge in [0.25, 0.3) is 0 Å². The van der Waals surface area contributed by atoms with Crippen molar-refractivity contribution in [1.82, 2.24) is 5.32 Å². The number of carbonyl (C=O) groups excluding carboxylic acids is 2. The Labute approximate surface area is 114 Å². The van der Waals surface area contributed by atoms with Crippen molar-refractivity contribution in [2.45, 2.75) is 57.8 Å². The fourth-order valence-electron chi connectivity index (χ4n) is 2.81. The summed E-state index contributed by atoms with van der Waals surface area (Å²) in [5, 5.41) is 3.16. The Hall–Kier alpha value is -0.940. The van der Waals surface area contributed by atoms with E-state index in [2.05, 4.69) is 5.32 Å². The number of ether oxygens (including phenoxy) is 2. The van der Waals surface area contributed by atoms with Gasteiger partial charge in [0.2, 0.25) is 0 Å². The summed E-state index contributed by atoms with van der Waals surface area (Å²) in [6.07, 6.45) is 3.25. The lowest BCUT2D eigenvalue weighted by Gasteiger charge is -2.58. The van der Waals surface area contributed by atoms with Crippen LogP contribution < -0.4 is 5.32 Å². The zero-order valence-corrected chi connectivity index (χ0v) is 11.9. The van der Waals surface area contributed by atoms with Crippen LogP contribution in [0.2, 0.25) is 0 Å². The molecule has 0 aromatic carbocycles. The molecule has 1 saturated carbocycles. The van der Waals surface area contributed by atoms with E-state index in [1.54, 1.807) is 0 Å². The summed E-state index contributed by atoms with van der Waals surface area (Å²) in [6.45, 7) is 6.96. The Kier molecular flexibility index (Phi) is 3.97. The van der Waals surface area contributed by atoms with Gasteiger partial charge in [0, 0.05) is 18.4 Å². The van der Waals surface area contributed by atoms with Crippen LogP contribution in [-0.2, 0) is 19.1 Å². The first-order valence-corrected chi connectivity index (χ1v) is 6.88. The fraction of sp³-hybridized carbons (Fsp3) is 0.857. The molecule has 0 amide bonds. The molecule has 1 aliphatic carbocycles. The lowest BCUT2D eigenvalue weighted by molar-refractivity contribution is -0.182. The number of aldehydes is 1. The van der Waals surface area contributed by atoms with Gasteiger partial charge in [0.15, 0.2) is 0 Å². The molecule has 1 spiro atoms. The number of carbonyl (C=O) groups is 2. The summed E-state index contributed by atoms with van der Waals surface area (Å²) < 4.78 is 11.0. The quantitative estimate of drug-likeness (QED) is 0.459. The third-order valence-electron chi connectivity index (χ3n) is 3.77. The van der Waals surface area contributed by atoms with Gasteiger partial charge < -0.3 is 19.6 Å². The van der Waals surface area contributed by atoms with Crippen molar-refractivity contribution in [3.8, 4) is 0 Å². The number of nitrogens with one attached hydrogen (secondary N) is 1. The largest absolute Gasteiger partial charge is 0.459 e. The van der Waals surface area contributed by atoms with Crippen LogP contribution in [0.1, 0.15) is 40.0 Å². The molecule has 0 radical (unpaired) electrons. The molecule has 5 heteroatoms. The van der Waals surface area contributed by atoms with Gasteiger partial charge in [-0.05, 0) is 33.6 Å². The standard InChI is InChI=1S/C14H23NO4/c1-13(2,3)19-12(17)11-14(9-15-11)7-10(8-14)18-6-4-5-16/h5,10-11,15H,4,6-9H2,1-3H3. The predicted molar refractivity (Wildman–Crippen MR) is 69.7 cm³/mol. The number of rotatable bonds is 5. The maximum absolute atomic E-state index is 12.0. The first-order chi connectivity index (χ1) is 8.86. The molecule has 0 aromatic rings. The Morgan fingerprint density at radius 3 is 2.58 bits per heavy atom. The van der Waals surface area contributed by atoms with E-state index in [0.29, 0.717) is 13.0 Å². The smallest absolute Gasteiger partial charge is 0.324 e. The van der Waals surface area contributed by atoms with Gasteiger partial charge in [-0.1, -0.05) is 0 Å². The van der Waals surface area contributed by atoms with Gasteiger partial charge in [-0.25, -0.2) is 0 Å². The molecule has 2 rings (SSSR count). The van der Waals surface area contributed by atoms with Crippen LogP contribution in [0.3, 0.4) is 0 Å². The zero-order valence-electron chi connectivity index (χ0n) is 11.9. The second kappa shape index (κ2) is 5.21. The first-order valence-electron chi connectivity index (χ1n) is 6.88. The van der Waals surface area contributed by atoms with E-state index < -0.39 is 5.60 Å². The Bertz CT molecular complexity index is 355. The fourth-order valence-corrected chi connectivity index (χ4v) is 2.81. The highest BCUT2D eigenvalue weighted by atomic mass is 16.6. The first kappa shape index (κ1) is 14.5. The molecule has 5 nitrogen and oxygen atoms in total. The summed E-state index contributed by atoms with van der Waals surface area (Å²) >= 11 is 0. The molecule has 1 heterocycles. The van der Waals surface area contributed by atoms with Crippen molar-refractivity contribution < 1.29 is 19.1 Å². The molecule has 108 valence electrons. The van der Waals surface area contributed by atoms with Gasteiger partial charge in [0.1, 0.15) is 17.9 Å². The lowest BCUT2D eigenvalue weighted by atomic mass is 9.57. The topological polar surface area (TPSA) is 64.6 Å². The maximum atomic E-state index is 12.0. The summed E-state index contributed by atoms with van der Waals surface area (Å²) in [5.74, 6) is -0.162. The Balaban J connectivity index is 1.77. The van der Waals surface area contributed by atoms with E-state index in [9.17, 15) is 9.59 Å². The van der Waals surface area contributed by atoms with Crippen molar-refractivity contribution in [3.05, 3.63) is 0 Å².